The maximum absolute atomic E-state index is 8.73. The Balaban J connectivity index is 0. The van der Waals surface area contributed by atoms with Gasteiger partial charge in [-0.3, -0.25) is 0 Å². The fraction of sp³-hybridized carbons (Fsp3) is 1.00. The summed E-state index contributed by atoms with van der Waals surface area (Å²) < 4.78 is 0. The summed E-state index contributed by atoms with van der Waals surface area (Å²) >= 11 is 0. The predicted octanol–water partition coefficient (Wildman–Crippen LogP) is 3.47. The van der Waals surface area contributed by atoms with Gasteiger partial charge in [0, 0.05) is 13.2 Å². The first-order valence-corrected chi connectivity index (χ1v) is 6.56. The Labute approximate surface area is 102 Å². The van der Waals surface area contributed by atoms with Gasteiger partial charge in [0.25, 0.3) is 0 Å². The molecule has 2 nitrogen and oxygen atoms in total. The first-order chi connectivity index (χ1) is 7.34. The lowest BCUT2D eigenvalue weighted by Gasteiger charge is -2.19. The van der Waals surface area contributed by atoms with Gasteiger partial charge in [0.1, 0.15) is 0 Å². The van der Waals surface area contributed by atoms with Gasteiger partial charge in [0.05, 0.1) is 0 Å². The molecule has 0 bridgehead atoms. The summed E-state index contributed by atoms with van der Waals surface area (Å²) in [4.78, 5) is 0. The van der Waals surface area contributed by atoms with E-state index in [1.807, 2.05) is 0 Å². The molecule has 2 heteroatoms. The molecule has 0 fully saturated rings. The maximum atomic E-state index is 8.73. The summed E-state index contributed by atoms with van der Waals surface area (Å²) in [6.07, 6.45) is 3.44. The molecule has 0 radical (unpaired) electrons. The van der Waals surface area contributed by atoms with Gasteiger partial charge in [-0.2, -0.15) is 0 Å². The van der Waals surface area contributed by atoms with Crippen LogP contribution in [0, 0.1) is 17.3 Å². The molecule has 0 rings (SSSR count). The van der Waals surface area contributed by atoms with Crippen molar-refractivity contribution in [2.75, 3.05) is 13.2 Å². The zero-order chi connectivity index (χ0) is 13.2. The molecule has 2 unspecified atom stereocenters. The average Bonchev–Trinajstić information content (AvgIpc) is 2.27. The van der Waals surface area contributed by atoms with E-state index in [1.165, 1.54) is 6.42 Å². The molecular weight excluding hydrogens is 200 g/mol. The van der Waals surface area contributed by atoms with Gasteiger partial charge >= 0.3 is 0 Å². The van der Waals surface area contributed by atoms with Crippen LogP contribution in [-0.2, 0) is 0 Å². The van der Waals surface area contributed by atoms with Crippen LogP contribution in [0.25, 0.3) is 0 Å². The van der Waals surface area contributed by atoms with Crippen LogP contribution in [0.1, 0.15) is 60.8 Å². The summed E-state index contributed by atoms with van der Waals surface area (Å²) in [5, 5.41) is 17.4. The van der Waals surface area contributed by atoms with Crippen LogP contribution in [-0.4, -0.2) is 23.4 Å². The molecule has 100 valence electrons. The van der Waals surface area contributed by atoms with Crippen LogP contribution in [0.2, 0.25) is 0 Å². The van der Waals surface area contributed by atoms with Crippen molar-refractivity contribution in [1.82, 2.24) is 0 Å². The third-order valence-electron chi connectivity index (χ3n) is 3.26. The predicted molar refractivity (Wildman–Crippen MR) is 71.5 cm³/mol. The molecule has 0 aromatic carbocycles. The Morgan fingerprint density at radius 2 is 1.50 bits per heavy atom. The van der Waals surface area contributed by atoms with E-state index in [1.54, 1.807) is 0 Å². The lowest BCUT2D eigenvalue weighted by molar-refractivity contribution is 0.149. The first-order valence-electron chi connectivity index (χ1n) is 6.56. The SMILES string of the molecule is CCC(C)C(C)CO.CCCC(C)(C)CO. The molecule has 0 aromatic heterocycles. The Bertz CT molecular complexity index is 136. The van der Waals surface area contributed by atoms with Gasteiger partial charge < -0.3 is 10.2 Å². The minimum Gasteiger partial charge on any atom is -0.396 e. The van der Waals surface area contributed by atoms with Crippen LogP contribution in [0.15, 0.2) is 0 Å². The molecule has 0 saturated carbocycles. The third-order valence-corrected chi connectivity index (χ3v) is 3.26. The van der Waals surface area contributed by atoms with Gasteiger partial charge in [-0.25, -0.2) is 0 Å². The maximum Gasteiger partial charge on any atom is 0.0482 e. The fourth-order valence-corrected chi connectivity index (χ4v) is 1.34. The zero-order valence-electron chi connectivity index (χ0n) is 12.1. The Kier molecular flexibility index (Phi) is 11.5. The van der Waals surface area contributed by atoms with Crippen LogP contribution in [0.4, 0.5) is 0 Å². The Hall–Kier alpha value is -0.0800. The van der Waals surface area contributed by atoms with E-state index < -0.39 is 0 Å². The van der Waals surface area contributed by atoms with E-state index in [0.717, 1.165) is 12.8 Å². The lowest BCUT2D eigenvalue weighted by atomic mass is 9.89. The summed E-state index contributed by atoms with van der Waals surface area (Å²) in [7, 11) is 0. The fourth-order valence-electron chi connectivity index (χ4n) is 1.34. The van der Waals surface area contributed by atoms with Crippen molar-refractivity contribution in [3.63, 3.8) is 0 Å². The van der Waals surface area contributed by atoms with E-state index >= 15 is 0 Å². The molecule has 0 spiro atoms. The standard InChI is InChI=1S/2C7H16O/c1-4-6(2)7(3)5-8;1-4-5-7(2,3)6-8/h6-8H,4-5H2,1-3H3;8H,4-6H2,1-3H3. The van der Waals surface area contributed by atoms with Gasteiger partial charge in [-0.15, -0.1) is 0 Å². The van der Waals surface area contributed by atoms with Crippen molar-refractivity contribution in [1.29, 1.82) is 0 Å². The molecule has 0 aliphatic rings. The highest BCUT2D eigenvalue weighted by Crippen LogP contribution is 2.19. The number of aliphatic hydroxyl groups is 2. The highest BCUT2D eigenvalue weighted by atomic mass is 16.3. The van der Waals surface area contributed by atoms with Crippen LogP contribution >= 0.6 is 0 Å². The first kappa shape index (κ1) is 18.3. The van der Waals surface area contributed by atoms with Gasteiger partial charge in [0.15, 0.2) is 0 Å². The monoisotopic (exact) mass is 232 g/mol. The largest absolute Gasteiger partial charge is 0.396 e. The Morgan fingerprint density at radius 1 is 1.00 bits per heavy atom. The van der Waals surface area contributed by atoms with E-state index in [0.29, 0.717) is 25.0 Å². The summed E-state index contributed by atoms with van der Waals surface area (Å²) in [5.74, 6) is 1.14. The molecule has 0 heterocycles. The van der Waals surface area contributed by atoms with Crippen molar-refractivity contribution in [3.8, 4) is 0 Å². The molecule has 2 atom stereocenters. The quantitative estimate of drug-likeness (QED) is 0.736. The van der Waals surface area contributed by atoms with Crippen LogP contribution in [0.3, 0.4) is 0 Å². The van der Waals surface area contributed by atoms with Gasteiger partial charge in [0.2, 0.25) is 0 Å². The van der Waals surface area contributed by atoms with Crippen molar-refractivity contribution in [3.05, 3.63) is 0 Å². The molecule has 16 heavy (non-hydrogen) atoms. The summed E-state index contributed by atoms with van der Waals surface area (Å²) in [5.41, 5.74) is 0.148. The highest BCUT2D eigenvalue weighted by Gasteiger charge is 2.13. The molecule has 0 aliphatic heterocycles. The second kappa shape index (κ2) is 10.1. The normalized spacial score (nSPS) is 15.0. The van der Waals surface area contributed by atoms with E-state index in [4.69, 9.17) is 10.2 Å². The van der Waals surface area contributed by atoms with E-state index in [2.05, 4.69) is 41.5 Å². The molecule has 0 amide bonds. The van der Waals surface area contributed by atoms with Gasteiger partial charge in [-0.05, 0) is 23.7 Å². The smallest absolute Gasteiger partial charge is 0.0482 e. The second-order valence-electron chi connectivity index (χ2n) is 5.62. The van der Waals surface area contributed by atoms with E-state index in [9.17, 15) is 0 Å². The number of hydrogen-bond acceptors (Lipinski definition) is 2. The second-order valence-corrected chi connectivity index (χ2v) is 5.62. The van der Waals surface area contributed by atoms with E-state index in [-0.39, 0.29) is 5.41 Å². The van der Waals surface area contributed by atoms with Crippen molar-refractivity contribution in [2.45, 2.75) is 60.8 Å². The molecule has 0 saturated heterocycles. The van der Waals surface area contributed by atoms with Crippen LogP contribution in [0.5, 0.6) is 0 Å². The van der Waals surface area contributed by atoms with Crippen LogP contribution < -0.4 is 0 Å². The topological polar surface area (TPSA) is 40.5 Å². The minimum atomic E-state index is 0.148. The molecule has 2 N–H and O–H groups in total. The minimum absolute atomic E-state index is 0.148. The Morgan fingerprint density at radius 3 is 1.62 bits per heavy atom. The number of hydrogen-bond donors (Lipinski definition) is 2. The van der Waals surface area contributed by atoms with Crippen molar-refractivity contribution < 1.29 is 10.2 Å². The molecule has 0 aliphatic carbocycles. The summed E-state index contributed by atoms with van der Waals surface area (Å²) in [6.45, 7) is 13.3. The zero-order valence-corrected chi connectivity index (χ0v) is 12.1. The third kappa shape index (κ3) is 10.4. The molecular formula is C14H32O2. The van der Waals surface area contributed by atoms with Crippen molar-refractivity contribution >= 4 is 0 Å². The highest BCUT2D eigenvalue weighted by molar-refractivity contribution is 4.64. The average molecular weight is 232 g/mol. The van der Waals surface area contributed by atoms with Crippen molar-refractivity contribution in [2.24, 2.45) is 17.3 Å². The number of aliphatic hydroxyl groups excluding tert-OH is 2. The summed E-state index contributed by atoms with van der Waals surface area (Å²) in [6, 6.07) is 0. The molecule has 0 aromatic rings. The number of rotatable bonds is 6. The van der Waals surface area contributed by atoms with Gasteiger partial charge in [-0.1, -0.05) is 54.4 Å². The lowest BCUT2D eigenvalue weighted by Crippen LogP contribution is -2.15.